The van der Waals surface area contributed by atoms with Gasteiger partial charge in [0, 0.05) is 17.6 Å². The molecule has 1 atom stereocenters. The van der Waals surface area contributed by atoms with E-state index in [-0.39, 0.29) is 6.10 Å². The summed E-state index contributed by atoms with van der Waals surface area (Å²) in [5.74, 6) is 0.958. The Morgan fingerprint density at radius 1 is 1.04 bits per heavy atom. The lowest BCUT2D eigenvalue weighted by molar-refractivity contribution is 0.0395. The Kier molecular flexibility index (Phi) is 4.21. The van der Waals surface area contributed by atoms with Crippen LogP contribution in [-0.2, 0) is 4.74 Å². The third-order valence-electron chi connectivity index (χ3n) is 4.33. The van der Waals surface area contributed by atoms with Crippen LogP contribution in [-0.4, -0.2) is 29.7 Å². The lowest BCUT2D eigenvalue weighted by atomic mass is 10.1. The van der Waals surface area contributed by atoms with Crippen molar-refractivity contribution in [1.29, 1.82) is 0 Å². The number of hydrogen-bond acceptors (Lipinski definition) is 4. The predicted molar refractivity (Wildman–Crippen MR) is 99.3 cm³/mol. The molecule has 0 spiro atoms. The number of ether oxygens (including phenoxy) is 1. The fraction of sp³-hybridized carbons (Fsp3) is 0.263. The molecule has 1 aliphatic heterocycles. The molecule has 1 saturated heterocycles. The van der Waals surface area contributed by atoms with E-state index in [1.54, 1.807) is 0 Å². The summed E-state index contributed by atoms with van der Waals surface area (Å²) < 4.78 is 7.06. The summed E-state index contributed by atoms with van der Waals surface area (Å²) in [5, 5.41) is 0. The van der Waals surface area contributed by atoms with E-state index in [9.17, 15) is 0 Å². The quantitative estimate of drug-likeness (QED) is 0.661. The van der Waals surface area contributed by atoms with Crippen molar-refractivity contribution in [1.82, 2.24) is 9.97 Å². The van der Waals surface area contributed by atoms with E-state index in [1.165, 1.54) is 5.56 Å². The van der Waals surface area contributed by atoms with Crippen LogP contribution in [0.3, 0.4) is 0 Å². The van der Waals surface area contributed by atoms with Gasteiger partial charge in [0.2, 0.25) is 0 Å². The molecule has 0 aliphatic carbocycles. The van der Waals surface area contributed by atoms with Gasteiger partial charge in [0.1, 0.15) is 6.10 Å². The molecule has 1 aromatic heterocycles. The van der Waals surface area contributed by atoms with E-state index in [2.05, 4.69) is 45.1 Å². The minimum absolute atomic E-state index is 0.0551. The first-order valence-electron chi connectivity index (χ1n) is 8.06. The number of rotatable bonds is 2. The molecule has 5 heteroatoms. The van der Waals surface area contributed by atoms with E-state index >= 15 is 0 Å². The molecule has 0 radical (unpaired) electrons. The van der Waals surface area contributed by atoms with Crippen LogP contribution in [0.4, 0.5) is 5.82 Å². The van der Waals surface area contributed by atoms with Gasteiger partial charge in [-0.3, -0.25) is 0 Å². The lowest BCUT2D eigenvalue weighted by Gasteiger charge is -2.34. The first kappa shape index (κ1) is 15.5. The molecule has 0 bridgehead atoms. The highest BCUT2D eigenvalue weighted by atomic mass is 79.9. The summed E-state index contributed by atoms with van der Waals surface area (Å²) in [7, 11) is 0. The number of para-hydroxylation sites is 2. The van der Waals surface area contributed by atoms with Gasteiger partial charge in [0.25, 0.3) is 0 Å². The normalized spacial score (nSPS) is 18.1. The van der Waals surface area contributed by atoms with Gasteiger partial charge in [0.05, 0.1) is 23.3 Å². The highest BCUT2D eigenvalue weighted by molar-refractivity contribution is 9.10. The van der Waals surface area contributed by atoms with Crippen molar-refractivity contribution < 1.29 is 4.74 Å². The fourth-order valence-electron chi connectivity index (χ4n) is 3.10. The van der Waals surface area contributed by atoms with E-state index in [0.717, 1.165) is 40.1 Å². The number of benzene rings is 2. The van der Waals surface area contributed by atoms with Crippen LogP contribution < -0.4 is 4.90 Å². The number of anilines is 1. The van der Waals surface area contributed by atoms with Crippen LogP contribution in [0.1, 0.15) is 17.4 Å². The summed E-state index contributed by atoms with van der Waals surface area (Å²) in [6.07, 6.45) is 0.0551. The predicted octanol–water partition coefficient (Wildman–Crippen LogP) is 4.28. The zero-order valence-electron chi connectivity index (χ0n) is 13.4. The summed E-state index contributed by atoms with van der Waals surface area (Å²) in [6, 6.07) is 16.3. The second-order valence-electron chi connectivity index (χ2n) is 5.98. The van der Waals surface area contributed by atoms with Crippen molar-refractivity contribution in [3.8, 4) is 0 Å². The third-order valence-corrected chi connectivity index (χ3v) is 4.86. The molecule has 1 aliphatic rings. The molecule has 3 aromatic rings. The van der Waals surface area contributed by atoms with Crippen LogP contribution in [0, 0.1) is 6.92 Å². The fourth-order valence-corrected chi connectivity index (χ4v) is 3.36. The summed E-state index contributed by atoms with van der Waals surface area (Å²) in [5.41, 5.74) is 4.03. The summed E-state index contributed by atoms with van der Waals surface area (Å²) in [4.78, 5) is 11.8. The maximum absolute atomic E-state index is 5.98. The maximum atomic E-state index is 5.98. The first-order valence-corrected chi connectivity index (χ1v) is 8.85. The smallest absolute Gasteiger partial charge is 0.150 e. The molecule has 0 saturated carbocycles. The summed E-state index contributed by atoms with van der Waals surface area (Å²) in [6.45, 7) is 4.34. The highest BCUT2D eigenvalue weighted by Gasteiger charge is 2.24. The largest absolute Gasteiger partial charge is 0.370 e. The van der Waals surface area contributed by atoms with Gasteiger partial charge in [-0.05, 0) is 36.8 Å². The average molecular weight is 384 g/mol. The number of halogens is 1. The Hall–Kier alpha value is -1.98. The number of aryl methyl sites for hydroxylation is 1. The van der Waals surface area contributed by atoms with Gasteiger partial charge in [-0.2, -0.15) is 0 Å². The van der Waals surface area contributed by atoms with Crippen molar-refractivity contribution in [2.75, 3.05) is 24.6 Å². The monoisotopic (exact) mass is 383 g/mol. The number of morpholine rings is 1. The Morgan fingerprint density at radius 2 is 1.75 bits per heavy atom. The van der Waals surface area contributed by atoms with Gasteiger partial charge >= 0.3 is 0 Å². The van der Waals surface area contributed by atoms with Crippen molar-refractivity contribution in [2.24, 2.45) is 0 Å². The Labute approximate surface area is 149 Å². The zero-order valence-corrected chi connectivity index (χ0v) is 15.0. The van der Waals surface area contributed by atoms with Gasteiger partial charge < -0.3 is 9.64 Å². The van der Waals surface area contributed by atoms with Gasteiger partial charge in [-0.15, -0.1) is 0 Å². The standard InChI is InChI=1S/C19H18BrN3O/c1-13-19(22-17-5-3-2-4-16(17)21-13)23-10-11-24-18(12-23)14-6-8-15(20)9-7-14/h2-9,18H,10-12H2,1H3. The Balaban J connectivity index is 1.64. The molecule has 1 fully saturated rings. The minimum Gasteiger partial charge on any atom is -0.370 e. The number of fused-ring (bicyclic) bond motifs is 1. The molecular formula is C19H18BrN3O. The van der Waals surface area contributed by atoms with Gasteiger partial charge in [-0.1, -0.05) is 40.2 Å². The highest BCUT2D eigenvalue weighted by Crippen LogP contribution is 2.28. The topological polar surface area (TPSA) is 38.2 Å². The van der Waals surface area contributed by atoms with E-state index < -0.39 is 0 Å². The number of nitrogens with zero attached hydrogens (tertiary/aromatic N) is 3. The van der Waals surface area contributed by atoms with E-state index in [0.29, 0.717) is 6.61 Å². The first-order chi connectivity index (χ1) is 11.7. The van der Waals surface area contributed by atoms with Crippen LogP contribution in [0.5, 0.6) is 0 Å². The minimum atomic E-state index is 0.0551. The SMILES string of the molecule is Cc1nc2ccccc2nc1N1CCOC(c2ccc(Br)cc2)C1. The zero-order chi connectivity index (χ0) is 16.5. The third kappa shape index (κ3) is 3.01. The van der Waals surface area contributed by atoms with Gasteiger partial charge in [0.15, 0.2) is 5.82 Å². The average Bonchev–Trinajstić information content (AvgIpc) is 2.62. The van der Waals surface area contributed by atoms with E-state index in [1.807, 2.05) is 31.2 Å². The Bertz CT molecular complexity index is 866. The van der Waals surface area contributed by atoms with Crippen LogP contribution in [0.15, 0.2) is 53.0 Å². The number of aromatic nitrogens is 2. The molecule has 1 unspecified atom stereocenters. The second-order valence-corrected chi connectivity index (χ2v) is 6.89. The molecule has 0 amide bonds. The molecule has 2 heterocycles. The second kappa shape index (κ2) is 6.49. The maximum Gasteiger partial charge on any atom is 0.150 e. The molecule has 2 aromatic carbocycles. The summed E-state index contributed by atoms with van der Waals surface area (Å²) >= 11 is 3.48. The van der Waals surface area contributed by atoms with Crippen LogP contribution >= 0.6 is 15.9 Å². The van der Waals surface area contributed by atoms with Crippen molar-refractivity contribution in [2.45, 2.75) is 13.0 Å². The Morgan fingerprint density at radius 3 is 2.50 bits per heavy atom. The van der Waals surface area contributed by atoms with Crippen molar-refractivity contribution >= 4 is 32.8 Å². The molecule has 122 valence electrons. The molecule has 24 heavy (non-hydrogen) atoms. The van der Waals surface area contributed by atoms with Crippen molar-refractivity contribution in [3.63, 3.8) is 0 Å². The molecular weight excluding hydrogens is 366 g/mol. The van der Waals surface area contributed by atoms with Crippen LogP contribution in [0.2, 0.25) is 0 Å². The lowest BCUT2D eigenvalue weighted by Crippen LogP contribution is -2.39. The van der Waals surface area contributed by atoms with E-state index in [4.69, 9.17) is 14.7 Å². The molecule has 4 rings (SSSR count). The van der Waals surface area contributed by atoms with Gasteiger partial charge in [-0.25, -0.2) is 9.97 Å². The van der Waals surface area contributed by atoms with Crippen molar-refractivity contribution in [3.05, 3.63) is 64.3 Å². The molecule has 4 nitrogen and oxygen atoms in total. The number of hydrogen-bond donors (Lipinski definition) is 0. The molecule has 0 N–H and O–H groups in total. The van der Waals surface area contributed by atoms with Crippen LogP contribution in [0.25, 0.3) is 11.0 Å².